The summed E-state index contributed by atoms with van der Waals surface area (Å²) in [6.07, 6.45) is 13.2. The Labute approximate surface area is 164 Å². The Morgan fingerprint density at radius 2 is 1.26 bits per heavy atom. The predicted molar refractivity (Wildman–Crippen MR) is 115 cm³/mol. The molecule has 0 aromatic carbocycles. The lowest BCUT2D eigenvalue weighted by Gasteiger charge is -2.30. The fourth-order valence-corrected chi connectivity index (χ4v) is 6.67. The molecule has 0 bridgehead atoms. The Bertz CT molecular complexity index is 253. The molecule has 0 aliphatic rings. The van der Waals surface area contributed by atoms with Gasteiger partial charge in [-0.25, -0.2) is 0 Å². The lowest BCUT2D eigenvalue weighted by Crippen LogP contribution is -2.24. The minimum absolute atomic E-state index is 0.251. The monoisotopic (exact) mass is 400 g/mol. The number of hydrogen-bond donors (Lipinski definition) is 0. The second-order valence-corrected chi connectivity index (χ2v) is 11.9. The highest BCUT2D eigenvalue weighted by molar-refractivity contribution is 8.77. The summed E-state index contributed by atoms with van der Waals surface area (Å²) < 4.78 is 0.251. The van der Waals surface area contributed by atoms with Crippen LogP contribution in [-0.2, 0) is 0 Å². The maximum atomic E-state index is 6.38. The van der Waals surface area contributed by atoms with Gasteiger partial charge in [-0.15, -0.1) is 23.2 Å². The van der Waals surface area contributed by atoms with Gasteiger partial charge in [-0.05, 0) is 18.8 Å². The second kappa shape index (κ2) is 14.4. The number of halogens is 2. The molecule has 0 saturated heterocycles. The van der Waals surface area contributed by atoms with Crippen molar-refractivity contribution >= 4 is 44.8 Å². The molecule has 0 heterocycles. The van der Waals surface area contributed by atoms with Gasteiger partial charge in [0.2, 0.25) is 0 Å². The van der Waals surface area contributed by atoms with Crippen LogP contribution >= 0.6 is 44.8 Å². The molecule has 140 valence electrons. The molecule has 0 N–H and O–H groups in total. The number of rotatable bonds is 14. The molecule has 0 aliphatic carbocycles. The molecule has 0 amide bonds. The number of hydrogen-bond acceptors (Lipinski definition) is 2. The minimum atomic E-state index is -0.266. The van der Waals surface area contributed by atoms with E-state index in [1.807, 2.05) is 21.6 Å². The van der Waals surface area contributed by atoms with E-state index in [1.165, 1.54) is 64.2 Å². The SMILES string of the molecule is CCCCCCC(CCCCCC)[C@H](SSC(C)(C)C)C(Cl)Cl. The van der Waals surface area contributed by atoms with Crippen LogP contribution in [0.15, 0.2) is 0 Å². The molecule has 1 atom stereocenters. The molecule has 0 aliphatic heterocycles. The summed E-state index contributed by atoms with van der Waals surface area (Å²) in [7, 11) is 3.86. The van der Waals surface area contributed by atoms with Gasteiger partial charge < -0.3 is 0 Å². The standard InChI is InChI=1S/C19H38Cl2S2/c1-6-8-10-12-14-16(15-13-11-9-7-2)17(18(20)21)22-23-19(3,4)5/h16-18H,6-15H2,1-5H3/t17-/m0/s1. The van der Waals surface area contributed by atoms with E-state index in [1.54, 1.807) is 0 Å². The first kappa shape index (κ1) is 24.3. The van der Waals surface area contributed by atoms with Crippen LogP contribution in [0.25, 0.3) is 0 Å². The molecule has 0 aromatic heterocycles. The zero-order valence-electron chi connectivity index (χ0n) is 15.9. The molecule has 0 fully saturated rings. The van der Waals surface area contributed by atoms with Crippen LogP contribution in [0.3, 0.4) is 0 Å². The normalized spacial score (nSPS) is 14.0. The van der Waals surface area contributed by atoms with Gasteiger partial charge in [0.05, 0.1) is 0 Å². The Morgan fingerprint density at radius 3 is 1.61 bits per heavy atom. The first-order valence-electron chi connectivity index (χ1n) is 9.44. The molecule has 0 nitrogen and oxygen atoms in total. The average Bonchev–Trinajstić information content (AvgIpc) is 2.45. The van der Waals surface area contributed by atoms with Crippen LogP contribution in [0.1, 0.15) is 98.8 Å². The molecular formula is C19H38Cl2S2. The lowest BCUT2D eigenvalue weighted by molar-refractivity contribution is 0.401. The number of alkyl halides is 2. The van der Waals surface area contributed by atoms with Crippen molar-refractivity contribution in [2.75, 3.05) is 0 Å². The van der Waals surface area contributed by atoms with Gasteiger partial charge >= 0.3 is 0 Å². The Hall–Kier alpha value is 1.28. The zero-order chi connectivity index (χ0) is 17.7. The Kier molecular flexibility index (Phi) is 15.3. The summed E-state index contributed by atoms with van der Waals surface area (Å²) in [5.41, 5.74) is 0. The third-order valence-corrected chi connectivity index (χ3v) is 8.75. The van der Waals surface area contributed by atoms with Crippen LogP contribution in [0.2, 0.25) is 0 Å². The maximum Gasteiger partial charge on any atom is 0.120 e. The smallest absolute Gasteiger partial charge is 0.104 e. The first-order chi connectivity index (χ1) is 10.8. The number of unbranched alkanes of at least 4 members (excludes halogenated alkanes) is 6. The van der Waals surface area contributed by atoms with Crippen LogP contribution in [-0.4, -0.2) is 14.8 Å². The topological polar surface area (TPSA) is 0 Å². The second-order valence-electron chi connectivity index (χ2n) is 7.55. The van der Waals surface area contributed by atoms with Gasteiger partial charge in [0, 0.05) is 10.00 Å². The zero-order valence-corrected chi connectivity index (χ0v) is 19.0. The van der Waals surface area contributed by atoms with Crippen molar-refractivity contribution in [1.82, 2.24) is 0 Å². The molecule has 0 radical (unpaired) electrons. The van der Waals surface area contributed by atoms with E-state index in [9.17, 15) is 0 Å². The van der Waals surface area contributed by atoms with Gasteiger partial charge in [0.15, 0.2) is 0 Å². The summed E-state index contributed by atoms with van der Waals surface area (Å²) in [6, 6.07) is 0. The van der Waals surface area contributed by atoms with Crippen molar-refractivity contribution in [2.24, 2.45) is 5.92 Å². The van der Waals surface area contributed by atoms with Crippen molar-refractivity contribution in [3.8, 4) is 0 Å². The van der Waals surface area contributed by atoms with Crippen molar-refractivity contribution in [3.05, 3.63) is 0 Å². The average molecular weight is 402 g/mol. The van der Waals surface area contributed by atoms with Gasteiger partial charge in [-0.3, -0.25) is 0 Å². The van der Waals surface area contributed by atoms with Gasteiger partial charge in [-0.1, -0.05) is 108 Å². The molecule has 0 saturated carbocycles. The van der Waals surface area contributed by atoms with E-state index in [4.69, 9.17) is 23.2 Å². The third-order valence-electron chi connectivity index (χ3n) is 3.98. The molecule has 23 heavy (non-hydrogen) atoms. The van der Waals surface area contributed by atoms with E-state index in [0.29, 0.717) is 11.2 Å². The molecule has 0 aromatic rings. The van der Waals surface area contributed by atoms with Crippen LogP contribution in [0.5, 0.6) is 0 Å². The largest absolute Gasteiger partial charge is 0.120 e. The van der Waals surface area contributed by atoms with Gasteiger partial charge in [-0.2, -0.15) is 0 Å². The Morgan fingerprint density at radius 1 is 0.783 bits per heavy atom. The lowest BCUT2D eigenvalue weighted by atomic mass is 9.92. The quantitative estimate of drug-likeness (QED) is 0.162. The van der Waals surface area contributed by atoms with E-state index in [-0.39, 0.29) is 9.58 Å². The van der Waals surface area contributed by atoms with Crippen molar-refractivity contribution in [2.45, 2.75) is 114 Å². The predicted octanol–water partition coefficient (Wildman–Crippen LogP) is 8.90. The minimum Gasteiger partial charge on any atom is -0.104 e. The summed E-state index contributed by atoms with van der Waals surface area (Å²) in [4.78, 5) is -0.266. The third kappa shape index (κ3) is 14.2. The fraction of sp³-hybridized carbons (Fsp3) is 1.00. The fourth-order valence-electron chi connectivity index (χ4n) is 2.67. The van der Waals surface area contributed by atoms with E-state index >= 15 is 0 Å². The van der Waals surface area contributed by atoms with Crippen molar-refractivity contribution < 1.29 is 0 Å². The van der Waals surface area contributed by atoms with E-state index < -0.39 is 0 Å². The van der Waals surface area contributed by atoms with Gasteiger partial charge in [0.1, 0.15) is 4.84 Å². The van der Waals surface area contributed by atoms with Crippen molar-refractivity contribution in [3.63, 3.8) is 0 Å². The summed E-state index contributed by atoms with van der Waals surface area (Å²) >= 11 is 12.8. The van der Waals surface area contributed by atoms with E-state index in [2.05, 4.69) is 34.6 Å². The highest BCUT2D eigenvalue weighted by atomic mass is 35.5. The maximum absolute atomic E-state index is 6.38. The van der Waals surface area contributed by atoms with Crippen molar-refractivity contribution in [1.29, 1.82) is 0 Å². The summed E-state index contributed by atoms with van der Waals surface area (Å²) in [5, 5.41) is 0.353. The van der Waals surface area contributed by atoms with E-state index in [0.717, 1.165) is 0 Å². The molecule has 0 rings (SSSR count). The molecule has 0 spiro atoms. The highest BCUT2D eigenvalue weighted by Gasteiger charge is 2.29. The first-order valence-corrected chi connectivity index (χ1v) is 12.5. The molecule has 0 unspecified atom stereocenters. The summed E-state index contributed by atoms with van der Waals surface area (Å²) in [6.45, 7) is 11.3. The van der Waals surface area contributed by atoms with Crippen LogP contribution in [0, 0.1) is 5.92 Å². The highest BCUT2D eigenvalue weighted by Crippen LogP contribution is 2.45. The molecular weight excluding hydrogens is 363 g/mol. The van der Waals surface area contributed by atoms with Gasteiger partial charge in [0.25, 0.3) is 0 Å². The van der Waals surface area contributed by atoms with Crippen LogP contribution in [0.4, 0.5) is 0 Å². The Balaban J connectivity index is 4.57. The molecule has 4 heteroatoms. The summed E-state index contributed by atoms with van der Waals surface area (Å²) in [5.74, 6) is 0.656. The van der Waals surface area contributed by atoms with Crippen LogP contribution < -0.4 is 0 Å².